The summed E-state index contributed by atoms with van der Waals surface area (Å²) < 4.78 is 50.7. The lowest BCUT2D eigenvalue weighted by atomic mass is 10.1. The van der Waals surface area contributed by atoms with Gasteiger partial charge in [0.05, 0.1) is 24.0 Å². The standard InChI is InChI=1S/C14H12BrF3O3S/c1-3-6-21-8-5-4-7(15)9-10(14(16,17)18)12(13(19)20-2)22-11(8)9/h4-5H,3,6H2,1-2H3. The minimum Gasteiger partial charge on any atom is -0.492 e. The minimum absolute atomic E-state index is 0.0773. The van der Waals surface area contributed by atoms with E-state index in [4.69, 9.17) is 4.74 Å². The SMILES string of the molecule is CCCOc1ccc(Br)c2c(C(F)(F)F)c(C(=O)OC)sc12. The van der Waals surface area contributed by atoms with Crippen LogP contribution in [0.15, 0.2) is 16.6 Å². The van der Waals surface area contributed by atoms with E-state index < -0.39 is 22.6 Å². The molecule has 120 valence electrons. The van der Waals surface area contributed by atoms with Crippen LogP contribution >= 0.6 is 27.3 Å². The molecule has 2 rings (SSSR count). The van der Waals surface area contributed by atoms with Crippen molar-refractivity contribution in [2.24, 2.45) is 0 Å². The molecule has 0 radical (unpaired) electrons. The quantitative estimate of drug-likeness (QED) is 0.661. The van der Waals surface area contributed by atoms with Gasteiger partial charge in [-0.15, -0.1) is 11.3 Å². The number of benzene rings is 1. The number of alkyl halides is 3. The number of carbonyl (C=O) groups excluding carboxylic acids is 1. The first-order chi connectivity index (χ1) is 10.3. The zero-order valence-corrected chi connectivity index (χ0v) is 14.1. The van der Waals surface area contributed by atoms with Gasteiger partial charge in [-0.2, -0.15) is 13.2 Å². The van der Waals surface area contributed by atoms with E-state index in [2.05, 4.69) is 20.7 Å². The molecule has 0 spiro atoms. The Labute approximate surface area is 137 Å². The smallest absolute Gasteiger partial charge is 0.418 e. The molecule has 0 amide bonds. The van der Waals surface area contributed by atoms with Gasteiger partial charge in [0.25, 0.3) is 0 Å². The molecule has 0 atom stereocenters. The Morgan fingerprint density at radius 3 is 2.59 bits per heavy atom. The van der Waals surface area contributed by atoms with Gasteiger partial charge in [-0.3, -0.25) is 0 Å². The molecule has 0 saturated heterocycles. The Morgan fingerprint density at radius 1 is 1.36 bits per heavy atom. The van der Waals surface area contributed by atoms with E-state index in [-0.39, 0.29) is 14.6 Å². The molecule has 0 fully saturated rings. The van der Waals surface area contributed by atoms with Crippen molar-refractivity contribution >= 4 is 43.3 Å². The molecule has 1 aromatic carbocycles. The van der Waals surface area contributed by atoms with Crippen LogP contribution in [0.25, 0.3) is 10.1 Å². The fourth-order valence-electron chi connectivity index (χ4n) is 1.97. The van der Waals surface area contributed by atoms with Crippen LogP contribution < -0.4 is 4.74 Å². The number of hydrogen-bond donors (Lipinski definition) is 0. The summed E-state index contributed by atoms with van der Waals surface area (Å²) in [7, 11) is 1.05. The number of fused-ring (bicyclic) bond motifs is 1. The Kier molecular flexibility index (Phi) is 5.01. The number of rotatable bonds is 4. The molecule has 22 heavy (non-hydrogen) atoms. The molecular weight excluding hydrogens is 385 g/mol. The highest BCUT2D eigenvalue weighted by Gasteiger charge is 2.41. The monoisotopic (exact) mass is 396 g/mol. The zero-order valence-electron chi connectivity index (χ0n) is 11.7. The Morgan fingerprint density at radius 2 is 2.05 bits per heavy atom. The van der Waals surface area contributed by atoms with Crippen LogP contribution in [0.3, 0.4) is 0 Å². The van der Waals surface area contributed by atoms with Gasteiger partial charge in [0.2, 0.25) is 0 Å². The van der Waals surface area contributed by atoms with Crippen LogP contribution in [0, 0.1) is 0 Å². The highest BCUT2D eigenvalue weighted by Crippen LogP contribution is 2.48. The van der Waals surface area contributed by atoms with Gasteiger partial charge in [-0.05, 0) is 18.6 Å². The van der Waals surface area contributed by atoms with E-state index in [0.29, 0.717) is 12.4 Å². The molecule has 3 nitrogen and oxygen atoms in total. The summed E-state index contributed by atoms with van der Waals surface area (Å²) in [5.41, 5.74) is -0.992. The lowest BCUT2D eigenvalue weighted by molar-refractivity contribution is -0.136. The Bertz CT molecular complexity index is 709. The van der Waals surface area contributed by atoms with E-state index in [1.54, 1.807) is 6.07 Å². The number of hydrogen-bond acceptors (Lipinski definition) is 4. The molecule has 8 heteroatoms. The fourth-order valence-corrected chi connectivity index (χ4v) is 3.87. The summed E-state index contributed by atoms with van der Waals surface area (Å²) in [6, 6.07) is 3.07. The van der Waals surface area contributed by atoms with Crippen molar-refractivity contribution in [1.29, 1.82) is 0 Å². The van der Waals surface area contributed by atoms with Crippen molar-refractivity contribution in [3.63, 3.8) is 0 Å². The number of ether oxygens (including phenoxy) is 2. The van der Waals surface area contributed by atoms with Crippen LogP contribution in [0.1, 0.15) is 28.6 Å². The van der Waals surface area contributed by atoms with Gasteiger partial charge in [0.15, 0.2) is 0 Å². The predicted octanol–water partition coefficient (Wildman–Crippen LogP) is 5.26. The van der Waals surface area contributed by atoms with Crippen molar-refractivity contribution in [3.05, 3.63) is 27.0 Å². The summed E-state index contributed by atoms with van der Waals surface area (Å²) in [6.07, 6.45) is -3.95. The minimum atomic E-state index is -4.67. The van der Waals surface area contributed by atoms with Gasteiger partial charge < -0.3 is 9.47 Å². The lowest BCUT2D eigenvalue weighted by Crippen LogP contribution is -2.11. The second-order valence-electron chi connectivity index (χ2n) is 4.39. The summed E-state index contributed by atoms with van der Waals surface area (Å²) in [5.74, 6) is -0.687. The molecule has 0 aliphatic carbocycles. The maximum Gasteiger partial charge on any atom is 0.418 e. The Balaban J connectivity index is 2.80. The number of methoxy groups -OCH3 is 1. The number of esters is 1. The number of carbonyl (C=O) groups is 1. The molecule has 1 heterocycles. The van der Waals surface area contributed by atoms with E-state index in [0.717, 1.165) is 24.9 Å². The fraction of sp³-hybridized carbons (Fsp3) is 0.357. The summed E-state index contributed by atoms with van der Waals surface area (Å²) in [5, 5.41) is -0.0773. The van der Waals surface area contributed by atoms with Gasteiger partial charge >= 0.3 is 12.1 Å². The summed E-state index contributed by atoms with van der Waals surface area (Å²) in [4.78, 5) is 11.2. The van der Waals surface area contributed by atoms with Crippen LogP contribution in [-0.4, -0.2) is 19.7 Å². The molecule has 1 aromatic heterocycles. The first kappa shape index (κ1) is 17.1. The average molecular weight is 397 g/mol. The third-order valence-electron chi connectivity index (χ3n) is 2.87. The van der Waals surface area contributed by atoms with Crippen LogP contribution in [0.2, 0.25) is 0 Å². The molecule has 2 aromatic rings. The molecule has 0 aliphatic rings. The highest BCUT2D eigenvalue weighted by atomic mass is 79.9. The van der Waals surface area contributed by atoms with Crippen LogP contribution in [-0.2, 0) is 10.9 Å². The van der Waals surface area contributed by atoms with Crippen LogP contribution in [0.5, 0.6) is 5.75 Å². The van der Waals surface area contributed by atoms with Gasteiger partial charge in [0, 0.05) is 9.86 Å². The molecule has 0 aliphatic heterocycles. The summed E-state index contributed by atoms with van der Waals surface area (Å²) in [6.45, 7) is 2.27. The normalized spacial score (nSPS) is 11.7. The Hall–Kier alpha value is -1.28. The lowest BCUT2D eigenvalue weighted by Gasteiger charge is -2.10. The van der Waals surface area contributed by atoms with Crippen molar-refractivity contribution < 1.29 is 27.4 Å². The maximum absolute atomic E-state index is 13.4. The van der Waals surface area contributed by atoms with Crippen LogP contribution in [0.4, 0.5) is 13.2 Å². The van der Waals surface area contributed by atoms with Crippen molar-refractivity contribution in [2.75, 3.05) is 13.7 Å². The molecule has 0 N–H and O–H groups in total. The van der Waals surface area contributed by atoms with Crippen molar-refractivity contribution in [3.8, 4) is 5.75 Å². The second-order valence-corrected chi connectivity index (χ2v) is 6.27. The third kappa shape index (κ3) is 3.08. The van der Waals surface area contributed by atoms with E-state index >= 15 is 0 Å². The highest BCUT2D eigenvalue weighted by molar-refractivity contribution is 9.10. The topological polar surface area (TPSA) is 35.5 Å². The molecular formula is C14H12BrF3O3S. The van der Waals surface area contributed by atoms with Gasteiger partial charge in [-0.1, -0.05) is 22.9 Å². The maximum atomic E-state index is 13.4. The van der Waals surface area contributed by atoms with Gasteiger partial charge in [-0.25, -0.2) is 4.79 Å². The number of thiophene rings is 1. The van der Waals surface area contributed by atoms with Crippen molar-refractivity contribution in [2.45, 2.75) is 19.5 Å². The van der Waals surface area contributed by atoms with E-state index in [1.807, 2.05) is 6.92 Å². The molecule has 0 unspecified atom stereocenters. The zero-order chi connectivity index (χ0) is 16.5. The predicted molar refractivity (Wildman–Crippen MR) is 81.7 cm³/mol. The molecule has 0 bridgehead atoms. The molecule has 0 saturated carbocycles. The third-order valence-corrected chi connectivity index (χ3v) is 4.71. The van der Waals surface area contributed by atoms with Gasteiger partial charge in [0.1, 0.15) is 10.6 Å². The van der Waals surface area contributed by atoms with E-state index in [9.17, 15) is 18.0 Å². The first-order valence-electron chi connectivity index (χ1n) is 6.34. The average Bonchev–Trinajstić information content (AvgIpc) is 2.87. The van der Waals surface area contributed by atoms with E-state index in [1.165, 1.54) is 6.07 Å². The second kappa shape index (κ2) is 6.45. The summed E-state index contributed by atoms with van der Waals surface area (Å²) >= 11 is 3.85. The number of halogens is 4. The van der Waals surface area contributed by atoms with Crippen molar-refractivity contribution in [1.82, 2.24) is 0 Å². The first-order valence-corrected chi connectivity index (χ1v) is 7.95. The largest absolute Gasteiger partial charge is 0.492 e.